The number of aromatic nitrogens is 2. The highest BCUT2D eigenvalue weighted by Crippen LogP contribution is 2.44. The van der Waals surface area contributed by atoms with Crippen molar-refractivity contribution in [1.29, 1.82) is 0 Å². The number of nitrogens with zero attached hydrogens (tertiary/aromatic N) is 3. The van der Waals surface area contributed by atoms with Crippen LogP contribution in [-0.2, 0) is 15.0 Å². The lowest BCUT2D eigenvalue weighted by molar-refractivity contribution is -0.0785. The minimum absolute atomic E-state index is 0.0357. The van der Waals surface area contributed by atoms with Crippen LogP contribution in [0.25, 0.3) is 0 Å². The van der Waals surface area contributed by atoms with Crippen LogP contribution < -0.4 is 15.8 Å². The molecule has 4 rings (SSSR count). The number of carbonyl (C=O) groups excluding carboxylic acids is 1. The van der Waals surface area contributed by atoms with Gasteiger partial charge in [-0.1, -0.05) is 0 Å². The number of ether oxygens (including phenoxy) is 3. The zero-order chi connectivity index (χ0) is 22.7. The lowest BCUT2D eigenvalue weighted by Crippen LogP contribution is -2.54. The summed E-state index contributed by atoms with van der Waals surface area (Å²) in [5.74, 6) is -1.53. The van der Waals surface area contributed by atoms with Crippen molar-refractivity contribution in [1.82, 2.24) is 9.97 Å². The van der Waals surface area contributed by atoms with Crippen molar-refractivity contribution in [3.05, 3.63) is 47.7 Å². The standard InChI is InChI=1S/C21H23F2N5O4/c1-2-31-18-9-25-16(8-26-18)19(29)27-12-3-4-15(23)13(7-12)21(11-22)14-10-30-6-5-17(14)32-20(24)28-21/h3-4,7-9,14,17H,2,5-6,10-11H2,1H3,(H2,24,28)(H,27,29)/t14-,17+,21+/m0/s1. The van der Waals surface area contributed by atoms with Gasteiger partial charge in [0, 0.05) is 17.7 Å². The Morgan fingerprint density at radius 1 is 1.38 bits per heavy atom. The quantitative estimate of drug-likeness (QED) is 0.696. The van der Waals surface area contributed by atoms with Gasteiger partial charge in [-0.25, -0.2) is 23.7 Å². The molecule has 3 atom stereocenters. The zero-order valence-corrected chi connectivity index (χ0v) is 17.4. The molecule has 11 heteroatoms. The maximum Gasteiger partial charge on any atom is 0.283 e. The summed E-state index contributed by atoms with van der Waals surface area (Å²) < 4.78 is 45.7. The summed E-state index contributed by atoms with van der Waals surface area (Å²) in [6.07, 6.45) is 2.63. The summed E-state index contributed by atoms with van der Waals surface area (Å²) in [6, 6.07) is 3.66. The molecule has 1 saturated heterocycles. The second-order valence-electron chi connectivity index (χ2n) is 7.46. The number of amides is 1. The Morgan fingerprint density at radius 3 is 2.94 bits per heavy atom. The van der Waals surface area contributed by atoms with E-state index in [1.807, 2.05) is 0 Å². The highest BCUT2D eigenvalue weighted by atomic mass is 19.1. The third kappa shape index (κ3) is 4.07. The highest BCUT2D eigenvalue weighted by Gasteiger charge is 2.52. The first-order chi connectivity index (χ1) is 15.5. The number of hydrogen-bond donors (Lipinski definition) is 2. The Morgan fingerprint density at radius 2 is 2.22 bits per heavy atom. The van der Waals surface area contributed by atoms with Crippen molar-refractivity contribution in [3.63, 3.8) is 0 Å². The summed E-state index contributed by atoms with van der Waals surface area (Å²) in [6.45, 7) is 1.78. The van der Waals surface area contributed by atoms with E-state index < -0.39 is 36.0 Å². The van der Waals surface area contributed by atoms with Crippen LogP contribution in [0.1, 0.15) is 29.4 Å². The third-order valence-electron chi connectivity index (χ3n) is 5.54. The van der Waals surface area contributed by atoms with Crippen LogP contribution in [-0.4, -0.2) is 54.5 Å². The smallest absolute Gasteiger partial charge is 0.283 e. The molecular formula is C21H23F2N5O4. The Kier molecular flexibility index (Phi) is 6.17. The van der Waals surface area contributed by atoms with Gasteiger partial charge in [0.1, 0.15) is 29.8 Å². The number of benzene rings is 1. The van der Waals surface area contributed by atoms with E-state index in [0.29, 0.717) is 19.6 Å². The fourth-order valence-corrected chi connectivity index (χ4v) is 4.01. The van der Waals surface area contributed by atoms with Gasteiger partial charge in [-0.05, 0) is 25.1 Å². The first-order valence-corrected chi connectivity index (χ1v) is 10.2. The summed E-state index contributed by atoms with van der Waals surface area (Å²) in [5, 5.41) is 2.63. The van der Waals surface area contributed by atoms with Crippen molar-refractivity contribution in [3.8, 4) is 5.88 Å². The van der Waals surface area contributed by atoms with Gasteiger partial charge in [-0.2, -0.15) is 0 Å². The second-order valence-corrected chi connectivity index (χ2v) is 7.46. The van der Waals surface area contributed by atoms with E-state index >= 15 is 0 Å². The van der Waals surface area contributed by atoms with Gasteiger partial charge < -0.3 is 25.3 Å². The summed E-state index contributed by atoms with van der Waals surface area (Å²) in [4.78, 5) is 24.8. The van der Waals surface area contributed by atoms with Gasteiger partial charge in [0.2, 0.25) is 5.88 Å². The molecule has 3 N–H and O–H groups in total. The number of alkyl halides is 1. The van der Waals surface area contributed by atoms with E-state index in [2.05, 4.69) is 20.3 Å². The predicted octanol–water partition coefficient (Wildman–Crippen LogP) is 2.18. The Bertz CT molecular complexity index is 1020. The molecule has 3 heterocycles. The van der Waals surface area contributed by atoms with E-state index in [1.165, 1.54) is 24.5 Å². The summed E-state index contributed by atoms with van der Waals surface area (Å²) >= 11 is 0. The molecule has 0 aliphatic carbocycles. The topological polar surface area (TPSA) is 121 Å². The van der Waals surface area contributed by atoms with Crippen molar-refractivity contribution in [2.24, 2.45) is 16.6 Å². The summed E-state index contributed by atoms with van der Waals surface area (Å²) in [5.41, 5.74) is 4.42. The van der Waals surface area contributed by atoms with Crippen molar-refractivity contribution >= 4 is 17.6 Å². The number of carbonyl (C=O) groups is 1. The third-order valence-corrected chi connectivity index (χ3v) is 5.54. The minimum Gasteiger partial charge on any atom is -0.477 e. The SMILES string of the molecule is CCOc1cnc(C(=O)Nc2ccc(F)c([C@@]3(CF)N=C(N)O[C@@H]4CCOC[C@@H]43)c2)cn1. The van der Waals surface area contributed by atoms with Gasteiger partial charge >= 0.3 is 0 Å². The zero-order valence-electron chi connectivity index (χ0n) is 17.4. The molecule has 1 fully saturated rings. The molecule has 2 aliphatic rings. The second kappa shape index (κ2) is 9.03. The molecule has 9 nitrogen and oxygen atoms in total. The molecule has 0 saturated carbocycles. The average molecular weight is 447 g/mol. The van der Waals surface area contributed by atoms with Crippen LogP contribution in [0.15, 0.2) is 35.6 Å². The van der Waals surface area contributed by atoms with Crippen LogP contribution in [0.4, 0.5) is 14.5 Å². The number of rotatable bonds is 6. The van der Waals surface area contributed by atoms with Gasteiger partial charge in [0.25, 0.3) is 11.9 Å². The molecule has 1 aromatic carbocycles. The molecule has 0 spiro atoms. The van der Waals surface area contributed by atoms with E-state index in [0.717, 1.165) is 6.07 Å². The molecule has 2 aliphatic heterocycles. The predicted molar refractivity (Wildman–Crippen MR) is 111 cm³/mol. The number of amidine groups is 1. The number of halogens is 2. The summed E-state index contributed by atoms with van der Waals surface area (Å²) in [7, 11) is 0. The van der Waals surface area contributed by atoms with Gasteiger partial charge in [-0.3, -0.25) is 4.79 Å². The monoisotopic (exact) mass is 447 g/mol. The van der Waals surface area contributed by atoms with E-state index in [1.54, 1.807) is 6.92 Å². The number of hydrogen-bond acceptors (Lipinski definition) is 8. The van der Waals surface area contributed by atoms with Crippen LogP contribution in [0.3, 0.4) is 0 Å². The van der Waals surface area contributed by atoms with Crippen LogP contribution in [0, 0.1) is 11.7 Å². The normalized spacial score (nSPS) is 24.7. The Balaban J connectivity index is 1.64. The number of anilines is 1. The van der Waals surface area contributed by atoms with Gasteiger partial charge in [0.15, 0.2) is 0 Å². The molecule has 0 bridgehead atoms. The molecular weight excluding hydrogens is 424 g/mol. The fourth-order valence-electron chi connectivity index (χ4n) is 4.01. The lowest BCUT2D eigenvalue weighted by atomic mass is 9.74. The number of aliphatic imine (C=N–C) groups is 1. The average Bonchev–Trinajstić information content (AvgIpc) is 2.80. The van der Waals surface area contributed by atoms with Crippen LogP contribution >= 0.6 is 0 Å². The maximum atomic E-state index is 14.9. The van der Waals surface area contributed by atoms with Crippen molar-refractivity contribution in [2.45, 2.75) is 25.0 Å². The molecule has 0 unspecified atom stereocenters. The minimum atomic E-state index is -1.63. The van der Waals surface area contributed by atoms with E-state index in [4.69, 9.17) is 19.9 Å². The fraction of sp³-hybridized carbons (Fsp3) is 0.429. The number of nitrogens with one attached hydrogen (secondary N) is 1. The largest absolute Gasteiger partial charge is 0.477 e. The van der Waals surface area contributed by atoms with Crippen molar-refractivity contribution in [2.75, 3.05) is 31.8 Å². The molecule has 32 heavy (non-hydrogen) atoms. The number of nitrogens with two attached hydrogens (primary N) is 1. The van der Waals surface area contributed by atoms with Crippen LogP contribution in [0.5, 0.6) is 5.88 Å². The Labute approximate surface area is 183 Å². The lowest BCUT2D eigenvalue weighted by Gasteiger charge is -2.45. The van der Waals surface area contributed by atoms with E-state index in [9.17, 15) is 13.6 Å². The molecule has 170 valence electrons. The van der Waals surface area contributed by atoms with Gasteiger partial charge in [-0.15, -0.1) is 0 Å². The first-order valence-electron chi connectivity index (χ1n) is 10.2. The molecule has 2 aromatic rings. The molecule has 0 radical (unpaired) electrons. The molecule has 1 aromatic heterocycles. The van der Waals surface area contributed by atoms with Gasteiger partial charge in [0.05, 0.1) is 38.1 Å². The molecule has 1 amide bonds. The van der Waals surface area contributed by atoms with Crippen molar-refractivity contribution < 1.29 is 27.8 Å². The Hall–Kier alpha value is -3.34. The van der Waals surface area contributed by atoms with Crippen LogP contribution in [0.2, 0.25) is 0 Å². The first kappa shape index (κ1) is 21.9. The van der Waals surface area contributed by atoms with E-state index in [-0.39, 0.29) is 35.5 Å². The maximum absolute atomic E-state index is 14.9. The highest BCUT2D eigenvalue weighted by molar-refractivity contribution is 6.02. The number of fused-ring (bicyclic) bond motifs is 1.